The van der Waals surface area contributed by atoms with E-state index in [1.165, 1.54) is 0 Å². The fraction of sp³-hybridized carbons (Fsp3) is 0.391. The van der Waals surface area contributed by atoms with Crippen LogP contribution in [0.4, 0.5) is 0 Å². The van der Waals surface area contributed by atoms with Crippen LogP contribution in [-0.2, 0) is 14.3 Å². The third-order valence-electron chi connectivity index (χ3n) is 5.07. The van der Waals surface area contributed by atoms with E-state index >= 15 is 0 Å². The summed E-state index contributed by atoms with van der Waals surface area (Å²) in [7, 11) is 3.41. The van der Waals surface area contributed by atoms with Gasteiger partial charge in [0.05, 0.1) is 39.5 Å². The van der Waals surface area contributed by atoms with Crippen LogP contribution in [0.2, 0.25) is 0 Å². The number of morpholine rings is 1. The molecule has 1 saturated heterocycles. The lowest BCUT2D eigenvalue weighted by atomic mass is 9.98. The van der Waals surface area contributed by atoms with E-state index in [9.17, 15) is 9.59 Å². The number of likely N-dealkylation sites (N-methyl/N-ethyl adjacent to an activating group) is 1. The first-order valence-electron chi connectivity index (χ1n) is 10.1. The third-order valence-corrected chi connectivity index (χ3v) is 5.07. The van der Waals surface area contributed by atoms with E-state index in [0.29, 0.717) is 26.3 Å². The van der Waals surface area contributed by atoms with E-state index in [2.05, 4.69) is 5.32 Å². The van der Waals surface area contributed by atoms with Gasteiger partial charge in [0.25, 0.3) is 0 Å². The van der Waals surface area contributed by atoms with Crippen LogP contribution < -0.4 is 10.1 Å². The van der Waals surface area contributed by atoms with Gasteiger partial charge in [0.2, 0.25) is 11.8 Å². The molecular weight excluding hydrogens is 382 g/mol. The second-order valence-corrected chi connectivity index (χ2v) is 7.35. The van der Waals surface area contributed by atoms with Crippen LogP contribution in [-0.4, -0.2) is 75.2 Å². The minimum atomic E-state index is -0.284. The fourth-order valence-electron chi connectivity index (χ4n) is 3.45. The van der Waals surface area contributed by atoms with Crippen molar-refractivity contribution in [2.75, 3.05) is 53.6 Å². The summed E-state index contributed by atoms with van der Waals surface area (Å²) >= 11 is 0. The highest BCUT2D eigenvalue weighted by atomic mass is 16.5. The van der Waals surface area contributed by atoms with Gasteiger partial charge in [-0.1, -0.05) is 42.5 Å². The maximum absolute atomic E-state index is 12.8. The maximum Gasteiger partial charge on any atom is 0.236 e. The Bertz CT molecular complexity index is 820. The first-order valence-corrected chi connectivity index (χ1v) is 10.1. The first-order chi connectivity index (χ1) is 14.6. The monoisotopic (exact) mass is 411 g/mol. The van der Waals surface area contributed by atoms with Crippen molar-refractivity contribution in [1.29, 1.82) is 0 Å². The molecule has 1 heterocycles. The molecule has 0 aromatic heterocycles. The van der Waals surface area contributed by atoms with Crippen LogP contribution in [0.25, 0.3) is 0 Å². The van der Waals surface area contributed by atoms with E-state index in [1.807, 2.05) is 54.6 Å². The summed E-state index contributed by atoms with van der Waals surface area (Å²) in [6, 6.07) is 17.2. The molecular formula is C23H29N3O4. The predicted octanol–water partition coefficient (Wildman–Crippen LogP) is 1.69. The molecule has 1 N–H and O–H groups in total. The number of nitrogens with zero attached hydrogens (tertiary/aromatic N) is 2. The fourth-order valence-corrected chi connectivity index (χ4v) is 3.45. The number of nitrogens with one attached hydrogen (secondary N) is 1. The van der Waals surface area contributed by atoms with E-state index in [0.717, 1.165) is 16.9 Å². The van der Waals surface area contributed by atoms with Crippen molar-refractivity contribution in [2.45, 2.75) is 6.04 Å². The van der Waals surface area contributed by atoms with Gasteiger partial charge in [-0.05, 0) is 30.3 Å². The number of hydrogen-bond acceptors (Lipinski definition) is 5. The standard InChI is InChI=1S/C23H29N3O4/c1-25(17-22(28)26-12-14-30-15-13-26)16-21(27)24-23(18-6-4-3-5-7-18)19-8-10-20(29-2)11-9-19/h3-11,23H,12-17H2,1-2H3,(H,24,27)/t23-/m0/s1. The number of ether oxygens (including phenoxy) is 2. The second-order valence-electron chi connectivity index (χ2n) is 7.35. The SMILES string of the molecule is COc1ccc([C@@H](NC(=O)CN(C)CC(=O)N2CCOCC2)c2ccccc2)cc1. The maximum atomic E-state index is 12.8. The van der Waals surface area contributed by atoms with Crippen LogP contribution >= 0.6 is 0 Å². The summed E-state index contributed by atoms with van der Waals surface area (Å²) in [6.45, 7) is 2.67. The zero-order chi connectivity index (χ0) is 21.3. The van der Waals surface area contributed by atoms with Gasteiger partial charge in [0.15, 0.2) is 0 Å². The van der Waals surface area contributed by atoms with Gasteiger partial charge in [0.1, 0.15) is 5.75 Å². The summed E-state index contributed by atoms with van der Waals surface area (Å²) in [6.07, 6.45) is 0. The van der Waals surface area contributed by atoms with Crippen molar-refractivity contribution in [3.05, 3.63) is 65.7 Å². The number of hydrogen-bond donors (Lipinski definition) is 1. The highest BCUT2D eigenvalue weighted by Gasteiger charge is 2.21. The zero-order valence-corrected chi connectivity index (χ0v) is 17.5. The highest BCUT2D eigenvalue weighted by molar-refractivity contribution is 5.81. The first kappa shape index (κ1) is 21.8. The Morgan fingerprint density at radius 2 is 1.67 bits per heavy atom. The molecule has 3 rings (SSSR count). The number of benzene rings is 2. The summed E-state index contributed by atoms with van der Waals surface area (Å²) in [5.41, 5.74) is 1.95. The molecule has 1 aliphatic rings. The lowest BCUT2D eigenvalue weighted by molar-refractivity contribution is -0.136. The van der Waals surface area contributed by atoms with Crippen molar-refractivity contribution in [3.63, 3.8) is 0 Å². The number of carbonyl (C=O) groups is 2. The van der Waals surface area contributed by atoms with Crippen molar-refractivity contribution < 1.29 is 19.1 Å². The van der Waals surface area contributed by atoms with E-state index in [-0.39, 0.29) is 30.9 Å². The van der Waals surface area contributed by atoms with Gasteiger partial charge in [-0.3, -0.25) is 14.5 Å². The normalized spacial score (nSPS) is 15.0. The Kier molecular flexibility index (Phi) is 7.82. The summed E-state index contributed by atoms with van der Waals surface area (Å²) < 4.78 is 10.5. The van der Waals surface area contributed by atoms with Crippen LogP contribution in [0.1, 0.15) is 17.2 Å². The second kappa shape index (κ2) is 10.8. The van der Waals surface area contributed by atoms with Gasteiger partial charge >= 0.3 is 0 Å². The average molecular weight is 412 g/mol. The number of rotatable bonds is 8. The molecule has 7 heteroatoms. The average Bonchev–Trinajstić information content (AvgIpc) is 2.78. The lowest BCUT2D eigenvalue weighted by Crippen LogP contribution is -2.46. The largest absolute Gasteiger partial charge is 0.497 e. The molecule has 2 aromatic rings. The van der Waals surface area contributed by atoms with Crippen LogP contribution in [0, 0.1) is 0 Å². The minimum Gasteiger partial charge on any atom is -0.497 e. The van der Waals surface area contributed by atoms with Gasteiger partial charge in [0, 0.05) is 13.1 Å². The summed E-state index contributed by atoms with van der Waals surface area (Å²) in [4.78, 5) is 28.7. The Labute approximate surface area is 177 Å². The van der Waals surface area contributed by atoms with Crippen LogP contribution in [0.15, 0.2) is 54.6 Å². The molecule has 1 atom stereocenters. The Morgan fingerprint density at radius 1 is 1.03 bits per heavy atom. The molecule has 0 unspecified atom stereocenters. The topological polar surface area (TPSA) is 71.1 Å². The van der Waals surface area contributed by atoms with Gasteiger partial charge in [-0.15, -0.1) is 0 Å². The Hall–Kier alpha value is -2.90. The van der Waals surface area contributed by atoms with E-state index < -0.39 is 0 Å². The molecule has 0 radical (unpaired) electrons. The molecule has 7 nitrogen and oxygen atoms in total. The Morgan fingerprint density at radius 3 is 2.30 bits per heavy atom. The summed E-state index contributed by atoms with van der Waals surface area (Å²) in [5.74, 6) is 0.638. The van der Waals surface area contributed by atoms with Crippen molar-refractivity contribution >= 4 is 11.8 Å². The van der Waals surface area contributed by atoms with Crippen LogP contribution in [0.3, 0.4) is 0 Å². The quantitative estimate of drug-likeness (QED) is 0.716. The molecule has 0 aliphatic carbocycles. The zero-order valence-electron chi connectivity index (χ0n) is 17.5. The summed E-state index contributed by atoms with van der Waals surface area (Å²) in [5, 5.41) is 3.10. The molecule has 0 bridgehead atoms. The minimum absolute atomic E-state index is 0.0170. The predicted molar refractivity (Wildman–Crippen MR) is 114 cm³/mol. The number of methoxy groups -OCH3 is 1. The molecule has 0 saturated carbocycles. The van der Waals surface area contributed by atoms with Gasteiger partial charge in [-0.2, -0.15) is 0 Å². The highest BCUT2D eigenvalue weighted by Crippen LogP contribution is 2.24. The molecule has 1 aliphatic heterocycles. The van der Waals surface area contributed by atoms with Crippen molar-refractivity contribution in [1.82, 2.24) is 15.1 Å². The number of carbonyl (C=O) groups excluding carboxylic acids is 2. The molecule has 160 valence electrons. The smallest absolute Gasteiger partial charge is 0.236 e. The number of amides is 2. The van der Waals surface area contributed by atoms with Crippen molar-refractivity contribution in [3.8, 4) is 5.75 Å². The molecule has 0 spiro atoms. The molecule has 1 fully saturated rings. The Balaban J connectivity index is 1.63. The third kappa shape index (κ3) is 6.05. The van der Waals surface area contributed by atoms with E-state index in [4.69, 9.17) is 9.47 Å². The van der Waals surface area contributed by atoms with Crippen LogP contribution in [0.5, 0.6) is 5.75 Å². The van der Waals surface area contributed by atoms with Gasteiger partial charge < -0.3 is 19.7 Å². The molecule has 30 heavy (non-hydrogen) atoms. The molecule has 2 amide bonds. The van der Waals surface area contributed by atoms with Crippen molar-refractivity contribution in [2.24, 2.45) is 0 Å². The van der Waals surface area contributed by atoms with E-state index in [1.54, 1.807) is 24.0 Å². The van der Waals surface area contributed by atoms with Gasteiger partial charge in [-0.25, -0.2) is 0 Å². The molecule has 2 aromatic carbocycles. The lowest BCUT2D eigenvalue weighted by Gasteiger charge is -2.29.